The van der Waals surface area contributed by atoms with E-state index in [4.69, 9.17) is 11.6 Å². The minimum absolute atomic E-state index is 0.156. The molecule has 0 radical (unpaired) electrons. The first kappa shape index (κ1) is 17.2. The van der Waals surface area contributed by atoms with Gasteiger partial charge in [0.15, 0.2) is 11.6 Å². The van der Waals surface area contributed by atoms with E-state index in [9.17, 15) is 9.59 Å². The van der Waals surface area contributed by atoms with Gasteiger partial charge in [0.25, 0.3) is 0 Å². The summed E-state index contributed by atoms with van der Waals surface area (Å²) in [4.78, 5) is 26.9. The molecule has 0 fully saturated rings. The summed E-state index contributed by atoms with van der Waals surface area (Å²) >= 11 is 9.58. The largest absolute Gasteiger partial charge is 0.293 e. The lowest BCUT2D eigenvalue weighted by molar-refractivity contribution is 0.0793. The molecule has 0 N–H and O–H groups in total. The third kappa shape index (κ3) is 2.54. The van der Waals surface area contributed by atoms with Gasteiger partial charge in [-0.05, 0) is 35.7 Å². The third-order valence-corrected chi connectivity index (χ3v) is 5.97. The van der Waals surface area contributed by atoms with Gasteiger partial charge >= 0.3 is 0 Å². The first-order chi connectivity index (χ1) is 12.5. The van der Waals surface area contributed by atoms with Crippen molar-refractivity contribution < 1.29 is 9.59 Å². The summed E-state index contributed by atoms with van der Waals surface area (Å²) in [6.45, 7) is 0. The van der Waals surface area contributed by atoms with E-state index in [1.54, 1.807) is 48.5 Å². The minimum atomic E-state index is -1.27. The standard InChI is InChI=1S/C22H14BrClO2/c23-19-8-4-1-5-14(19)13-22(15-9-11-16(24)12-10-15)20(25)17-6-2-3-7-18(17)21(22)26/h1-12H,13H2. The first-order valence-corrected chi connectivity index (χ1v) is 9.39. The normalized spacial score (nSPS) is 15.2. The van der Waals surface area contributed by atoms with E-state index in [2.05, 4.69) is 15.9 Å². The Hall–Kier alpha value is -2.23. The van der Waals surface area contributed by atoms with Gasteiger partial charge in [-0.3, -0.25) is 9.59 Å². The van der Waals surface area contributed by atoms with E-state index in [-0.39, 0.29) is 11.6 Å². The highest BCUT2D eigenvalue weighted by Gasteiger charge is 2.54. The van der Waals surface area contributed by atoms with Crippen LogP contribution in [-0.4, -0.2) is 11.6 Å². The Kier molecular flexibility index (Phi) is 4.29. The van der Waals surface area contributed by atoms with Crippen molar-refractivity contribution in [3.8, 4) is 0 Å². The molecule has 0 aromatic heterocycles. The van der Waals surface area contributed by atoms with Gasteiger partial charge in [0.1, 0.15) is 5.41 Å². The lowest BCUT2D eigenvalue weighted by atomic mass is 9.71. The first-order valence-electron chi connectivity index (χ1n) is 8.22. The summed E-state index contributed by atoms with van der Waals surface area (Å²) in [5.74, 6) is -0.313. The van der Waals surface area contributed by atoms with Gasteiger partial charge in [-0.25, -0.2) is 0 Å². The van der Waals surface area contributed by atoms with E-state index in [0.29, 0.717) is 28.1 Å². The predicted molar refractivity (Wildman–Crippen MR) is 106 cm³/mol. The lowest BCUT2D eigenvalue weighted by Crippen LogP contribution is -2.40. The molecule has 0 saturated heterocycles. The van der Waals surface area contributed by atoms with Crippen LogP contribution in [0, 0.1) is 0 Å². The number of rotatable bonds is 3. The zero-order valence-corrected chi connectivity index (χ0v) is 16.0. The van der Waals surface area contributed by atoms with Gasteiger partial charge in [0.2, 0.25) is 0 Å². The molecule has 1 aliphatic carbocycles. The molecule has 2 nitrogen and oxygen atoms in total. The number of ketones is 2. The number of Topliss-reactive ketones (excluding diaryl/α,β-unsaturated/α-hetero) is 2. The fourth-order valence-electron chi connectivity index (χ4n) is 3.63. The molecule has 4 rings (SSSR count). The Bertz CT molecular complexity index is 989. The maximum atomic E-state index is 13.5. The molecule has 128 valence electrons. The van der Waals surface area contributed by atoms with E-state index in [0.717, 1.165) is 10.0 Å². The van der Waals surface area contributed by atoms with Crippen molar-refractivity contribution in [1.82, 2.24) is 0 Å². The maximum absolute atomic E-state index is 13.5. The molecule has 0 bridgehead atoms. The number of fused-ring (bicyclic) bond motifs is 1. The van der Waals surface area contributed by atoms with Crippen molar-refractivity contribution in [3.05, 3.63) is 105 Å². The molecule has 26 heavy (non-hydrogen) atoms. The van der Waals surface area contributed by atoms with Crippen LogP contribution in [0.3, 0.4) is 0 Å². The highest BCUT2D eigenvalue weighted by molar-refractivity contribution is 9.10. The summed E-state index contributed by atoms with van der Waals surface area (Å²) in [7, 11) is 0. The molecular formula is C22H14BrClO2. The van der Waals surface area contributed by atoms with Crippen LogP contribution in [0.25, 0.3) is 0 Å². The number of carbonyl (C=O) groups excluding carboxylic acids is 2. The summed E-state index contributed by atoms with van der Waals surface area (Å²) in [6.07, 6.45) is 0.294. The van der Waals surface area contributed by atoms with E-state index >= 15 is 0 Å². The fraction of sp³-hybridized carbons (Fsp3) is 0.0909. The van der Waals surface area contributed by atoms with Gasteiger partial charge in [-0.1, -0.05) is 82.1 Å². The lowest BCUT2D eigenvalue weighted by Gasteiger charge is -2.27. The quantitative estimate of drug-likeness (QED) is 0.507. The summed E-state index contributed by atoms with van der Waals surface area (Å²) < 4.78 is 0.880. The van der Waals surface area contributed by atoms with Gasteiger partial charge in [-0.2, -0.15) is 0 Å². The Morgan fingerprint density at radius 3 is 1.88 bits per heavy atom. The Morgan fingerprint density at radius 1 is 0.769 bits per heavy atom. The molecule has 3 aromatic rings. The average Bonchev–Trinajstić information content (AvgIpc) is 2.87. The van der Waals surface area contributed by atoms with Gasteiger partial charge in [0, 0.05) is 20.6 Å². The van der Waals surface area contributed by atoms with Crippen molar-refractivity contribution in [3.63, 3.8) is 0 Å². The second-order valence-electron chi connectivity index (χ2n) is 6.38. The number of benzene rings is 3. The topological polar surface area (TPSA) is 34.1 Å². The Balaban J connectivity index is 1.95. The van der Waals surface area contributed by atoms with Gasteiger partial charge in [0.05, 0.1) is 0 Å². The van der Waals surface area contributed by atoms with Crippen molar-refractivity contribution in [2.75, 3.05) is 0 Å². The monoisotopic (exact) mass is 424 g/mol. The Morgan fingerprint density at radius 2 is 1.31 bits per heavy atom. The SMILES string of the molecule is O=C1c2ccccc2C(=O)C1(Cc1ccccc1Br)c1ccc(Cl)cc1. The molecule has 4 heteroatoms. The van der Waals surface area contributed by atoms with Gasteiger partial charge in [-0.15, -0.1) is 0 Å². The molecule has 0 aliphatic heterocycles. The van der Waals surface area contributed by atoms with Crippen LogP contribution >= 0.6 is 27.5 Å². The van der Waals surface area contributed by atoms with Crippen molar-refractivity contribution >= 4 is 39.1 Å². The van der Waals surface area contributed by atoms with Crippen LogP contribution in [-0.2, 0) is 11.8 Å². The van der Waals surface area contributed by atoms with Crippen LogP contribution in [0.15, 0.2) is 77.3 Å². The summed E-state index contributed by atoms with van der Waals surface area (Å²) in [5.41, 5.74) is 1.29. The minimum Gasteiger partial charge on any atom is -0.293 e. The van der Waals surface area contributed by atoms with E-state index in [1.165, 1.54) is 0 Å². The predicted octanol–water partition coefficient (Wildman–Crippen LogP) is 5.66. The Labute approximate surface area is 164 Å². The third-order valence-electron chi connectivity index (χ3n) is 4.94. The van der Waals surface area contributed by atoms with Crippen LogP contribution in [0.1, 0.15) is 31.8 Å². The summed E-state index contributed by atoms with van der Waals surface area (Å²) in [5, 5.41) is 0.570. The van der Waals surface area contributed by atoms with Crippen LogP contribution in [0.5, 0.6) is 0 Å². The second-order valence-corrected chi connectivity index (χ2v) is 7.68. The van der Waals surface area contributed by atoms with Crippen molar-refractivity contribution in [2.45, 2.75) is 11.8 Å². The molecule has 0 heterocycles. The molecule has 1 aliphatic rings. The number of hydrogen-bond donors (Lipinski definition) is 0. The zero-order valence-electron chi connectivity index (χ0n) is 13.7. The molecule has 3 aromatic carbocycles. The smallest absolute Gasteiger partial charge is 0.182 e. The average molecular weight is 426 g/mol. The van der Waals surface area contributed by atoms with Crippen LogP contribution in [0.2, 0.25) is 5.02 Å². The zero-order chi connectivity index (χ0) is 18.3. The van der Waals surface area contributed by atoms with Crippen molar-refractivity contribution in [2.24, 2.45) is 0 Å². The molecule has 0 amide bonds. The fourth-order valence-corrected chi connectivity index (χ4v) is 4.18. The highest BCUT2D eigenvalue weighted by Crippen LogP contribution is 2.43. The maximum Gasteiger partial charge on any atom is 0.182 e. The number of carbonyl (C=O) groups is 2. The molecular weight excluding hydrogens is 412 g/mol. The van der Waals surface area contributed by atoms with E-state index in [1.807, 2.05) is 24.3 Å². The second kappa shape index (κ2) is 6.49. The number of halogens is 2. The molecule has 0 atom stereocenters. The number of hydrogen-bond acceptors (Lipinski definition) is 2. The van der Waals surface area contributed by atoms with E-state index < -0.39 is 5.41 Å². The molecule has 0 unspecified atom stereocenters. The summed E-state index contributed by atoms with van der Waals surface area (Å²) in [6, 6.07) is 21.7. The van der Waals surface area contributed by atoms with Crippen molar-refractivity contribution in [1.29, 1.82) is 0 Å². The van der Waals surface area contributed by atoms with Gasteiger partial charge < -0.3 is 0 Å². The molecule has 0 saturated carbocycles. The van der Waals surface area contributed by atoms with Crippen LogP contribution in [0.4, 0.5) is 0 Å². The van der Waals surface area contributed by atoms with Crippen LogP contribution < -0.4 is 0 Å². The molecule has 0 spiro atoms. The highest BCUT2D eigenvalue weighted by atomic mass is 79.9.